The zero-order chi connectivity index (χ0) is 20.3. The molecule has 5 rings (SSSR count). The smallest absolute Gasteiger partial charge is 0.330 e. The maximum Gasteiger partial charge on any atom is 0.330 e. The SMILES string of the molecule is CC(C)Cn1c(=O)[nH]c(=O)c2c(-c3nc(C4(N)CCC4)no3)cc(C3CC3)nc21.Cl. The van der Waals surface area contributed by atoms with E-state index in [0.717, 1.165) is 37.8 Å². The monoisotopic (exact) mass is 432 g/mol. The second-order valence-corrected chi connectivity index (χ2v) is 8.76. The van der Waals surface area contributed by atoms with Crippen LogP contribution in [0.4, 0.5) is 0 Å². The third kappa shape index (κ3) is 3.35. The maximum absolute atomic E-state index is 12.8. The standard InChI is InChI=1S/C20H24N6O3.ClH/c1-10(2)9-26-15-14(16(27)23-19(26)28)12(8-13(22-15)11-4-5-11)17-24-18(25-29-17)20(21)6-3-7-20;/h8,10-11H,3-7,9,21H2,1-2H3,(H,23,27,28);1H. The van der Waals surface area contributed by atoms with Gasteiger partial charge in [0.1, 0.15) is 0 Å². The van der Waals surface area contributed by atoms with Gasteiger partial charge in [-0.1, -0.05) is 19.0 Å². The van der Waals surface area contributed by atoms with E-state index in [1.165, 1.54) is 4.57 Å². The minimum Gasteiger partial charge on any atom is -0.334 e. The van der Waals surface area contributed by atoms with E-state index < -0.39 is 16.8 Å². The van der Waals surface area contributed by atoms with E-state index in [0.29, 0.717) is 34.9 Å². The van der Waals surface area contributed by atoms with E-state index in [9.17, 15) is 9.59 Å². The van der Waals surface area contributed by atoms with Gasteiger partial charge < -0.3 is 10.3 Å². The van der Waals surface area contributed by atoms with Crippen LogP contribution in [0, 0.1) is 5.92 Å². The lowest BCUT2D eigenvalue weighted by Crippen LogP contribution is -2.44. The number of aromatic amines is 1. The summed E-state index contributed by atoms with van der Waals surface area (Å²) in [5.41, 5.74) is 6.55. The fourth-order valence-electron chi connectivity index (χ4n) is 3.90. The Morgan fingerprint density at radius 2 is 2.03 bits per heavy atom. The van der Waals surface area contributed by atoms with Crippen LogP contribution in [0.3, 0.4) is 0 Å². The Labute approximate surface area is 178 Å². The normalized spacial score (nSPS) is 17.7. The molecule has 3 aromatic heterocycles. The van der Waals surface area contributed by atoms with Gasteiger partial charge in [0.2, 0.25) is 0 Å². The van der Waals surface area contributed by atoms with Gasteiger partial charge in [-0.3, -0.25) is 14.3 Å². The molecule has 0 radical (unpaired) electrons. The van der Waals surface area contributed by atoms with Gasteiger partial charge >= 0.3 is 5.69 Å². The summed E-state index contributed by atoms with van der Waals surface area (Å²) in [4.78, 5) is 36.9. The molecule has 0 aromatic carbocycles. The molecule has 0 unspecified atom stereocenters. The van der Waals surface area contributed by atoms with E-state index in [1.807, 2.05) is 19.9 Å². The highest BCUT2D eigenvalue weighted by Crippen LogP contribution is 2.42. The summed E-state index contributed by atoms with van der Waals surface area (Å²) in [6.45, 7) is 4.48. The number of pyridine rings is 1. The number of nitrogens with two attached hydrogens (primary N) is 1. The number of rotatable bonds is 5. The minimum absolute atomic E-state index is 0. The van der Waals surface area contributed by atoms with Gasteiger partial charge in [-0.05, 0) is 44.1 Å². The third-order valence-corrected chi connectivity index (χ3v) is 5.86. The van der Waals surface area contributed by atoms with Crippen LogP contribution >= 0.6 is 12.4 Å². The first-order valence-corrected chi connectivity index (χ1v) is 10.2. The van der Waals surface area contributed by atoms with Gasteiger partial charge in [0.15, 0.2) is 11.5 Å². The average Bonchev–Trinajstić information content (AvgIpc) is 3.38. The van der Waals surface area contributed by atoms with Gasteiger partial charge in [0.25, 0.3) is 11.4 Å². The molecular formula is C20H25ClN6O3. The van der Waals surface area contributed by atoms with Crippen LogP contribution in [-0.4, -0.2) is 24.7 Å². The Morgan fingerprint density at radius 3 is 2.63 bits per heavy atom. The molecule has 2 aliphatic rings. The molecule has 9 nitrogen and oxygen atoms in total. The molecule has 2 fully saturated rings. The van der Waals surface area contributed by atoms with Gasteiger partial charge in [-0.15, -0.1) is 12.4 Å². The summed E-state index contributed by atoms with van der Waals surface area (Å²) in [5.74, 6) is 1.24. The van der Waals surface area contributed by atoms with Crippen molar-refractivity contribution >= 4 is 23.4 Å². The number of nitrogens with one attached hydrogen (secondary N) is 1. The highest BCUT2D eigenvalue weighted by Gasteiger charge is 2.39. The number of hydrogen-bond acceptors (Lipinski definition) is 7. The highest BCUT2D eigenvalue weighted by molar-refractivity contribution is 5.90. The number of aromatic nitrogens is 5. The molecule has 160 valence electrons. The zero-order valence-corrected chi connectivity index (χ0v) is 17.8. The van der Waals surface area contributed by atoms with Crippen molar-refractivity contribution in [2.24, 2.45) is 11.7 Å². The van der Waals surface area contributed by atoms with Crippen molar-refractivity contribution in [3.05, 3.63) is 38.4 Å². The minimum atomic E-state index is -0.559. The van der Waals surface area contributed by atoms with Crippen molar-refractivity contribution in [2.75, 3.05) is 0 Å². The fourth-order valence-corrected chi connectivity index (χ4v) is 3.90. The van der Waals surface area contributed by atoms with Gasteiger partial charge in [0.05, 0.1) is 16.5 Å². The summed E-state index contributed by atoms with van der Waals surface area (Å²) < 4.78 is 7.07. The van der Waals surface area contributed by atoms with Crippen LogP contribution in [0.15, 0.2) is 20.2 Å². The topological polar surface area (TPSA) is 133 Å². The predicted octanol–water partition coefficient (Wildman–Crippen LogP) is 2.43. The molecule has 0 bridgehead atoms. The van der Waals surface area contributed by atoms with Crippen LogP contribution < -0.4 is 17.0 Å². The van der Waals surface area contributed by atoms with Crippen molar-refractivity contribution in [1.29, 1.82) is 0 Å². The second-order valence-electron chi connectivity index (χ2n) is 8.76. The second kappa shape index (κ2) is 7.31. The molecule has 2 saturated carbocycles. The lowest BCUT2D eigenvalue weighted by molar-refractivity contribution is 0.229. The Balaban J connectivity index is 0.00000218. The van der Waals surface area contributed by atoms with E-state index in [2.05, 4.69) is 15.1 Å². The lowest BCUT2D eigenvalue weighted by atomic mass is 9.77. The van der Waals surface area contributed by atoms with E-state index in [4.69, 9.17) is 15.2 Å². The Kier molecular flexibility index (Phi) is 5.06. The average molecular weight is 433 g/mol. The summed E-state index contributed by atoms with van der Waals surface area (Å²) in [6.07, 6.45) is 4.73. The summed E-state index contributed by atoms with van der Waals surface area (Å²) in [7, 11) is 0. The molecular weight excluding hydrogens is 408 g/mol. The van der Waals surface area contributed by atoms with E-state index >= 15 is 0 Å². The molecule has 0 atom stereocenters. The van der Waals surface area contributed by atoms with Crippen LogP contribution in [0.2, 0.25) is 0 Å². The fraction of sp³-hybridized carbons (Fsp3) is 0.550. The predicted molar refractivity (Wildman–Crippen MR) is 114 cm³/mol. The number of halogens is 1. The first-order chi connectivity index (χ1) is 13.9. The van der Waals surface area contributed by atoms with E-state index in [1.54, 1.807) is 0 Å². The molecule has 0 aliphatic heterocycles. The Morgan fingerprint density at radius 1 is 1.30 bits per heavy atom. The summed E-state index contributed by atoms with van der Waals surface area (Å²) in [6, 6.07) is 1.85. The first-order valence-electron chi connectivity index (χ1n) is 10.2. The molecule has 3 heterocycles. The molecule has 0 spiro atoms. The largest absolute Gasteiger partial charge is 0.334 e. The molecule has 0 amide bonds. The third-order valence-electron chi connectivity index (χ3n) is 5.86. The summed E-state index contributed by atoms with van der Waals surface area (Å²) >= 11 is 0. The number of nitrogens with zero attached hydrogens (tertiary/aromatic N) is 4. The number of fused-ring (bicyclic) bond motifs is 1. The molecule has 2 aliphatic carbocycles. The van der Waals surface area contributed by atoms with Crippen LogP contribution in [0.25, 0.3) is 22.5 Å². The Hall–Kier alpha value is -2.52. The maximum atomic E-state index is 12.8. The molecule has 30 heavy (non-hydrogen) atoms. The molecule has 3 aromatic rings. The number of H-pyrrole nitrogens is 1. The zero-order valence-electron chi connectivity index (χ0n) is 17.0. The van der Waals surface area contributed by atoms with Crippen LogP contribution in [0.1, 0.15) is 63.4 Å². The summed E-state index contributed by atoms with van der Waals surface area (Å²) in [5, 5.41) is 4.38. The van der Waals surface area contributed by atoms with Gasteiger partial charge in [-0.25, -0.2) is 9.78 Å². The van der Waals surface area contributed by atoms with E-state index in [-0.39, 0.29) is 24.2 Å². The Bertz CT molecular complexity index is 1220. The number of hydrogen-bond donors (Lipinski definition) is 2. The van der Waals surface area contributed by atoms with Crippen molar-refractivity contribution in [3.63, 3.8) is 0 Å². The van der Waals surface area contributed by atoms with Gasteiger partial charge in [0, 0.05) is 18.2 Å². The first kappa shape index (κ1) is 20.7. The van der Waals surface area contributed by atoms with Crippen LogP contribution in [-0.2, 0) is 12.1 Å². The highest BCUT2D eigenvalue weighted by atomic mass is 35.5. The quantitative estimate of drug-likeness (QED) is 0.632. The lowest BCUT2D eigenvalue weighted by Gasteiger charge is -2.34. The molecule has 10 heteroatoms. The van der Waals surface area contributed by atoms with Crippen molar-refractivity contribution in [1.82, 2.24) is 24.7 Å². The molecule has 3 N–H and O–H groups in total. The van der Waals surface area contributed by atoms with Crippen molar-refractivity contribution in [3.8, 4) is 11.5 Å². The van der Waals surface area contributed by atoms with Crippen LogP contribution in [0.5, 0.6) is 0 Å². The van der Waals surface area contributed by atoms with Crippen molar-refractivity contribution in [2.45, 2.75) is 64.0 Å². The van der Waals surface area contributed by atoms with Crippen molar-refractivity contribution < 1.29 is 4.52 Å². The molecule has 0 saturated heterocycles. The van der Waals surface area contributed by atoms with Gasteiger partial charge in [-0.2, -0.15) is 4.98 Å².